The Bertz CT molecular complexity index is 311. The summed E-state index contributed by atoms with van der Waals surface area (Å²) in [4.78, 5) is 1.39. The van der Waals surface area contributed by atoms with Crippen molar-refractivity contribution in [2.75, 3.05) is 6.54 Å². The number of thiophene rings is 1. The number of nitrogens with one attached hydrogen (secondary N) is 1. The normalized spacial score (nSPS) is 14.8. The maximum Gasteiger partial charge on any atom is 0.0931 e. The number of halogens is 1. The van der Waals surface area contributed by atoms with Crippen molar-refractivity contribution in [2.24, 2.45) is 5.92 Å². The molecular formula is C14H24ClNS. The molecule has 1 rings (SSSR count). The van der Waals surface area contributed by atoms with Crippen molar-refractivity contribution in [2.45, 2.75) is 52.5 Å². The lowest BCUT2D eigenvalue weighted by Crippen LogP contribution is -2.27. The van der Waals surface area contributed by atoms with Gasteiger partial charge in [-0.25, -0.2) is 0 Å². The second kappa shape index (κ2) is 8.12. The van der Waals surface area contributed by atoms with Gasteiger partial charge in [0.25, 0.3) is 0 Å². The minimum Gasteiger partial charge on any atom is -0.309 e. The third-order valence-corrected chi connectivity index (χ3v) is 4.56. The van der Waals surface area contributed by atoms with E-state index in [1.807, 2.05) is 6.07 Å². The molecule has 0 fully saturated rings. The van der Waals surface area contributed by atoms with Crippen LogP contribution in [0.15, 0.2) is 12.1 Å². The number of rotatable bonds is 8. The SMILES string of the molecule is CCCCC(CC)C(NCC)c1ccc(Cl)s1. The van der Waals surface area contributed by atoms with Crippen LogP contribution in [-0.2, 0) is 0 Å². The van der Waals surface area contributed by atoms with Crippen molar-refractivity contribution >= 4 is 22.9 Å². The third-order valence-electron chi connectivity index (χ3n) is 3.25. The Labute approximate surface area is 115 Å². The summed E-state index contributed by atoms with van der Waals surface area (Å²) < 4.78 is 0.897. The molecule has 1 aromatic heterocycles. The summed E-state index contributed by atoms with van der Waals surface area (Å²) in [5, 5.41) is 3.62. The van der Waals surface area contributed by atoms with Crippen LogP contribution in [0.2, 0.25) is 4.34 Å². The van der Waals surface area contributed by atoms with Gasteiger partial charge in [-0.2, -0.15) is 0 Å². The van der Waals surface area contributed by atoms with E-state index in [9.17, 15) is 0 Å². The fourth-order valence-corrected chi connectivity index (χ4v) is 3.52. The Morgan fingerprint density at radius 1 is 1.29 bits per heavy atom. The average molecular weight is 274 g/mol. The Kier molecular flexibility index (Phi) is 7.17. The molecule has 1 aromatic rings. The first-order valence-corrected chi connectivity index (χ1v) is 7.90. The highest BCUT2D eigenvalue weighted by Crippen LogP contribution is 2.34. The largest absolute Gasteiger partial charge is 0.309 e. The van der Waals surface area contributed by atoms with Crippen LogP contribution in [0.1, 0.15) is 57.4 Å². The summed E-state index contributed by atoms with van der Waals surface area (Å²) in [5.41, 5.74) is 0. The molecule has 0 radical (unpaired) electrons. The molecule has 98 valence electrons. The van der Waals surface area contributed by atoms with E-state index in [1.54, 1.807) is 11.3 Å². The lowest BCUT2D eigenvalue weighted by atomic mass is 9.90. The summed E-state index contributed by atoms with van der Waals surface area (Å²) in [6, 6.07) is 4.67. The molecule has 2 atom stereocenters. The van der Waals surface area contributed by atoms with E-state index >= 15 is 0 Å². The molecule has 1 nitrogen and oxygen atoms in total. The molecule has 17 heavy (non-hydrogen) atoms. The molecule has 0 aliphatic rings. The van der Waals surface area contributed by atoms with E-state index in [0.29, 0.717) is 6.04 Å². The van der Waals surface area contributed by atoms with Gasteiger partial charge in [-0.3, -0.25) is 0 Å². The van der Waals surface area contributed by atoms with E-state index in [2.05, 4.69) is 32.2 Å². The van der Waals surface area contributed by atoms with Crippen LogP contribution in [0.3, 0.4) is 0 Å². The second-order valence-electron chi connectivity index (χ2n) is 4.49. The fourth-order valence-electron chi connectivity index (χ4n) is 2.29. The minimum atomic E-state index is 0.481. The zero-order valence-electron chi connectivity index (χ0n) is 11.1. The monoisotopic (exact) mass is 273 g/mol. The van der Waals surface area contributed by atoms with Crippen molar-refractivity contribution in [3.63, 3.8) is 0 Å². The van der Waals surface area contributed by atoms with Gasteiger partial charge < -0.3 is 5.32 Å². The Morgan fingerprint density at radius 3 is 2.53 bits per heavy atom. The average Bonchev–Trinajstić information content (AvgIpc) is 2.75. The predicted molar refractivity (Wildman–Crippen MR) is 79.1 cm³/mol. The Hall–Kier alpha value is -0.0500. The molecular weight excluding hydrogens is 250 g/mol. The Balaban J connectivity index is 2.74. The molecule has 0 amide bonds. The van der Waals surface area contributed by atoms with Crippen LogP contribution in [-0.4, -0.2) is 6.54 Å². The van der Waals surface area contributed by atoms with Crippen LogP contribution in [0, 0.1) is 5.92 Å². The lowest BCUT2D eigenvalue weighted by molar-refractivity contribution is 0.332. The van der Waals surface area contributed by atoms with Crippen molar-refractivity contribution in [3.05, 3.63) is 21.3 Å². The maximum absolute atomic E-state index is 6.05. The van der Waals surface area contributed by atoms with Gasteiger partial charge >= 0.3 is 0 Å². The van der Waals surface area contributed by atoms with Crippen molar-refractivity contribution in [1.82, 2.24) is 5.32 Å². The molecule has 3 heteroatoms. The molecule has 0 saturated carbocycles. The lowest BCUT2D eigenvalue weighted by Gasteiger charge is -2.26. The molecule has 2 unspecified atom stereocenters. The molecule has 0 aromatic carbocycles. The van der Waals surface area contributed by atoms with E-state index in [-0.39, 0.29) is 0 Å². The highest BCUT2D eigenvalue weighted by molar-refractivity contribution is 7.16. The van der Waals surface area contributed by atoms with Crippen LogP contribution >= 0.6 is 22.9 Å². The summed E-state index contributed by atoms with van der Waals surface area (Å²) >= 11 is 7.76. The minimum absolute atomic E-state index is 0.481. The smallest absolute Gasteiger partial charge is 0.0931 e. The zero-order valence-corrected chi connectivity index (χ0v) is 12.7. The van der Waals surface area contributed by atoms with Crippen LogP contribution in [0.5, 0.6) is 0 Å². The maximum atomic E-state index is 6.05. The molecule has 1 heterocycles. The highest BCUT2D eigenvalue weighted by atomic mass is 35.5. The van der Waals surface area contributed by atoms with Gasteiger partial charge in [0.1, 0.15) is 0 Å². The quantitative estimate of drug-likeness (QED) is 0.680. The van der Waals surface area contributed by atoms with Gasteiger partial charge in [-0.05, 0) is 31.0 Å². The summed E-state index contributed by atoms with van der Waals surface area (Å²) in [6.07, 6.45) is 5.13. The van der Waals surface area contributed by atoms with Crippen LogP contribution in [0.4, 0.5) is 0 Å². The molecule has 0 spiro atoms. The first kappa shape index (κ1) is 15.0. The van der Waals surface area contributed by atoms with Crippen molar-refractivity contribution < 1.29 is 0 Å². The van der Waals surface area contributed by atoms with E-state index in [1.165, 1.54) is 30.6 Å². The molecule has 0 aliphatic carbocycles. The van der Waals surface area contributed by atoms with Gasteiger partial charge in [0.05, 0.1) is 4.34 Å². The van der Waals surface area contributed by atoms with E-state index in [0.717, 1.165) is 16.8 Å². The van der Waals surface area contributed by atoms with Crippen LogP contribution in [0.25, 0.3) is 0 Å². The molecule has 0 saturated heterocycles. The molecule has 0 aliphatic heterocycles. The highest BCUT2D eigenvalue weighted by Gasteiger charge is 2.21. The summed E-state index contributed by atoms with van der Waals surface area (Å²) in [5.74, 6) is 0.726. The Morgan fingerprint density at radius 2 is 2.06 bits per heavy atom. The zero-order chi connectivity index (χ0) is 12.7. The van der Waals surface area contributed by atoms with Crippen LogP contribution < -0.4 is 5.32 Å². The standard InChI is InChI=1S/C14H24ClNS/c1-4-7-8-11(5-2)14(16-6-3)12-9-10-13(15)17-12/h9-11,14,16H,4-8H2,1-3H3. The van der Waals surface area contributed by atoms with Gasteiger partial charge in [-0.15, -0.1) is 11.3 Å². The first-order valence-electron chi connectivity index (χ1n) is 6.71. The summed E-state index contributed by atoms with van der Waals surface area (Å²) in [6.45, 7) is 7.74. The first-order chi connectivity index (χ1) is 8.22. The predicted octanol–water partition coefficient (Wildman–Crippen LogP) is 5.27. The van der Waals surface area contributed by atoms with Gasteiger partial charge in [0.2, 0.25) is 0 Å². The molecule has 0 bridgehead atoms. The van der Waals surface area contributed by atoms with E-state index < -0.39 is 0 Å². The van der Waals surface area contributed by atoms with Gasteiger partial charge in [0, 0.05) is 10.9 Å². The van der Waals surface area contributed by atoms with Gasteiger partial charge in [-0.1, -0.05) is 51.6 Å². The topological polar surface area (TPSA) is 12.0 Å². The van der Waals surface area contributed by atoms with Crippen molar-refractivity contribution in [1.29, 1.82) is 0 Å². The molecule has 1 N–H and O–H groups in total. The number of unbranched alkanes of at least 4 members (excludes halogenated alkanes) is 1. The fraction of sp³-hybridized carbons (Fsp3) is 0.714. The van der Waals surface area contributed by atoms with Crippen molar-refractivity contribution in [3.8, 4) is 0 Å². The number of hydrogen-bond acceptors (Lipinski definition) is 2. The summed E-state index contributed by atoms with van der Waals surface area (Å²) in [7, 11) is 0. The van der Waals surface area contributed by atoms with Gasteiger partial charge in [0.15, 0.2) is 0 Å². The van der Waals surface area contributed by atoms with E-state index in [4.69, 9.17) is 11.6 Å². The second-order valence-corrected chi connectivity index (χ2v) is 6.23. The number of hydrogen-bond donors (Lipinski definition) is 1. The third kappa shape index (κ3) is 4.61.